The predicted octanol–water partition coefficient (Wildman–Crippen LogP) is 4.48. The third-order valence-corrected chi connectivity index (χ3v) is 4.33. The molecule has 0 unspecified atom stereocenters. The first-order valence-electron chi connectivity index (χ1n) is 8.44. The second-order valence-electron chi connectivity index (χ2n) is 6.16. The third-order valence-electron chi connectivity index (χ3n) is 4.33. The summed E-state index contributed by atoms with van der Waals surface area (Å²) in [6.45, 7) is 5.46. The SMILES string of the molecule is Cc1cc(=O)n(CCCCOc2ccccc2)c2c(C)cccc12. The fourth-order valence-electron chi connectivity index (χ4n) is 3.09. The van der Waals surface area contributed by atoms with E-state index in [1.54, 1.807) is 6.07 Å². The van der Waals surface area contributed by atoms with Gasteiger partial charge in [0.25, 0.3) is 5.56 Å². The number of hydrogen-bond acceptors (Lipinski definition) is 2. The van der Waals surface area contributed by atoms with Gasteiger partial charge in [0.1, 0.15) is 5.75 Å². The second-order valence-corrected chi connectivity index (χ2v) is 6.16. The highest BCUT2D eigenvalue weighted by molar-refractivity contribution is 5.85. The van der Waals surface area contributed by atoms with Gasteiger partial charge < -0.3 is 9.30 Å². The van der Waals surface area contributed by atoms with E-state index < -0.39 is 0 Å². The summed E-state index contributed by atoms with van der Waals surface area (Å²) in [5.41, 5.74) is 3.33. The Morgan fingerprint density at radius 2 is 1.71 bits per heavy atom. The number of nitrogens with zero attached hydrogens (tertiary/aromatic N) is 1. The molecule has 1 aromatic heterocycles. The first-order valence-corrected chi connectivity index (χ1v) is 8.44. The molecular weight excluding hydrogens is 298 g/mol. The number of aromatic nitrogens is 1. The van der Waals surface area contributed by atoms with Crippen molar-refractivity contribution in [1.82, 2.24) is 4.57 Å². The van der Waals surface area contributed by atoms with Gasteiger partial charge in [-0.25, -0.2) is 0 Å². The maximum atomic E-state index is 12.4. The summed E-state index contributed by atoms with van der Waals surface area (Å²) in [7, 11) is 0. The second kappa shape index (κ2) is 7.35. The van der Waals surface area contributed by atoms with Crippen molar-refractivity contribution in [3.05, 3.63) is 76.1 Å². The standard InChI is InChI=1S/C21H23NO2/c1-16-9-8-12-19-17(2)15-20(23)22(21(16)19)13-6-7-14-24-18-10-4-3-5-11-18/h3-5,8-12,15H,6-7,13-14H2,1-2H3. The van der Waals surface area contributed by atoms with E-state index >= 15 is 0 Å². The molecular formula is C21H23NO2. The van der Waals surface area contributed by atoms with Gasteiger partial charge in [-0.15, -0.1) is 0 Å². The average molecular weight is 321 g/mol. The van der Waals surface area contributed by atoms with E-state index in [1.165, 1.54) is 0 Å². The Bertz CT molecular complexity index is 881. The van der Waals surface area contributed by atoms with Crippen molar-refractivity contribution in [3.63, 3.8) is 0 Å². The molecule has 0 radical (unpaired) electrons. The Morgan fingerprint density at radius 1 is 0.917 bits per heavy atom. The van der Waals surface area contributed by atoms with Gasteiger partial charge in [0, 0.05) is 18.0 Å². The maximum absolute atomic E-state index is 12.4. The summed E-state index contributed by atoms with van der Waals surface area (Å²) >= 11 is 0. The summed E-state index contributed by atoms with van der Waals surface area (Å²) < 4.78 is 7.62. The van der Waals surface area contributed by atoms with Gasteiger partial charge in [-0.3, -0.25) is 4.79 Å². The Hall–Kier alpha value is -2.55. The van der Waals surface area contributed by atoms with Gasteiger partial charge in [0.2, 0.25) is 0 Å². The van der Waals surface area contributed by atoms with Crippen LogP contribution >= 0.6 is 0 Å². The maximum Gasteiger partial charge on any atom is 0.251 e. The molecule has 3 aromatic rings. The molecule has 0 aliphatic heterocycles. The van der Waals surface area contributed by atoms with E-state index in [2.05, 4.69) is 19.1 Å². The monoisotopic (exact) mass is 321 g/mol. The molecule has 0 saturated heterocycles. The van der Waals surface area contributed by atoms with Crippen LogP contribution in [-0.2, 0) is 6.54 Å². The van der Waals surface area contributed by atoms with Crippen LogP contribution in [0.3, 0.4) is 0 Å². The van der Waals surface area contributed by atoms with Gasteiger partial charge in [-0.1, -0.05) is 36.4 Å². The predicted molar refractivity (Wildman–Crippen MR) is 98.9 cm³/mol. The van der Waals surface area contributed by atoms with Crippen molar-refractivity contribution < 1.29 is 4.74 Å². The van der Waals surface area contributed by atoms with Gasteiger partial charge in [0.15, 0.2) is 0 Å². The summed E-state index contributed by atoms with van der Waals surface area (Å²) in [5.74, 6) is 0.895. The number of aryl methyl sites for hydroxylation is 3. The number of ether oxygens (including phenoxy) is 1. The highest BCUT2D eigenvalue weighted by Crippen LogP contribution is 2.20. The zero-order valence-electron chi connectivity index (χ0n) is 14.3. The van der Waals surface area contributed by atoms with E-state index in [0.717, 1.165) is 47.2 Å². The largest absolute Gasteiger partial charge is 0.494 e. The molecule has 0 amide bonds. The van der Waals surface area contributed by atoms with E-state index in [1.807, 2.05) is 47.9 Å². The molecule has 2 aromatic carbocycles. The van der Waals surface area contributed by atoms with Crippen LogP contribution in [0.15, 0.2) is 59.4 Å². The lowest BCUT2D eigenvalue weighted by molar-refractivity contribution is 0.303. The number of benzene rings is 2. The van der Waals surface area contributed by atoms with Gasteiger partial charge in [-0.05, 0) is 49.9 Å². The summed E-state index contributed by atoms with van der Waals surface area (Å²) in [4.78, 5) is 12.4. The van der Waals surface area contributed by atoms with Gasteiger partial charge in [-0.2, -0.15) is 0 Å². The highest BCUT2D eigenvalue weighted by Gasteiger charge is 2.08. The van der Waals surface area contributed by atoms with Crippen LogP contribution in [0.5, 0.6) is 5.75 Å². The Morgan fingerprint density at radius 3 is 2.50 bits per heavy atom. The van der Waals surface area contributed by atoms with Crippen molar-refractivity contribution >= 4 is 10.9 Å². The Kier molecular flexibility index (Phi) is 4.99. The van der Waals surface area contributed by atoms with E-state index in [0.29, 0.717) is 6.61 Å². The molecule has 0 saturated carbocycles. The van der Waals surface area contributed by atoms with Crippen molar-refractivity contribution in [2.45, 2.75) is 33.2 Å². The van der Waals surface area contributed by atoms with Crippen molar-refractivity contribution in [3.8, 4) is 5.75 Å². The molecule has 24 heavy (non-hydrogen) atoms. The molecule has 0 bridgehead atoms. The molecule has 124 valence electrons. The molecule has 3 rings (SSSR count). The smallest absolute Gasteiger partial charge is 0.251 e. The van der Waals surface area contributed by atoms with Crippen LogP contribution in [0, 0.1) is 13.8 Å². The normalized spacial score (nSPS) is 10.9. The van der Waals surface area contributed by atoms with Crippen LogP contribution in [0.2, 0.25) is 0 Å². The summed E-state index contributed by atoms with van der Waals surface area (Å²) in [5, 5.41) is 1.16. The molecule has 3 heteroatoms. The van der Waals surface area contributed by atoms with Crippen molar-refractivity contribution in [2.24, 2.45) is 0 Å². The fourth-order valence-corrected chi connectivity index (χ4v) is 3.09. The molecule has 3 nitrogen and oxygen atoms in total. The molecule has 0 fully saturated rings. The van der Waals surface area contributed by atoms with Crippen LogP contribution in [0.4, 0.5) is 0 Å². The average Bonchev–Trinajstić information content (AvgIpc) is 2.58. The zero-order valence-corrected chi connectivity index (χ0v) is 14.3. The Balaban J connectivity index is 1.68. The van der Waals surface area contributed by atoms with E-state index in [9.17, 15) is 4.79 Å². The number of unbranched alkanes of at least 4 members (excludes halogenated alkanes) is 1. The summed E-state index contributed by atoms with van der Waals surface area (Å²) in [6.07, 6.45) is 1.84. The van der Waals surface area contributed by atoms with Gasteiger partial charge >= 0.3 is 0 Å². The minimum atomic E-state index is 0.0817. The van der Waals surface area contributed by atoms with E-state index in [-0.39, 0.29) is 5.56 Å². The molecule has 0 aliphatic carbocycles. The van der Waals surface area contributed by atoms with Crippen LogP contribution in [0.1, 0.15) is 24.0 Å². The van der Waals surface area contributed by atoms with Crippen molar-refractivity contribution in [2.75, 3.05) is 6.61 Å². The highest BCUT2D eigenvalue weighted by atomic mass is 16.5. The minimum absolute atomic E-state index is 0.0817. The van der Waals surface area contributed by atoms with Crippen LogP contribution in [0.25, 0.3) is 10.9 Å². The number of para-hydroxylation sites is 2. The lowest BCUT2D eigenvalue weighted by Gasteiger charge is -2.14. The number of rotatable bonds is 6. The topological polar surface area (TPSA) is 31.2 Å². The summed E-state index contributed by atoms with van der Waals surface area (Å²) in [6, 6.07) is 17.8. The first-order chi connectivity index (χ1) is 11.7. The van der Waals surface area contributed by atoms with Crippen LogP contribution < -0.4 is 10.3 Å². The fraction of sp³-hybridized carbons (Fsp3) is 0.286. The van der Waals surface area contributed by atoms with E-state index in [4.69, 9.17) is 4.74 Å². The quantitative estimate of drug-likeness (QED) is 0.627. The molecule has 0 spiro atoms. The molecule has 0 atom stereocenters. The zero-order chi connectivity index (χ0) is 16.9. The minimum Gasteiger partial charge on any atom is -0.494 e. The molecule has 0 N–H and O–H groups in total. The Labute approximate surface area is 142 Å². The number of hydrogen-bond donors (Lipinski definition) is 0. The third kappa shape index (κ3) is 3.51. The lowest BCUT2D eigenvalue weighted by atomic mass is 10.1. The molecule has 0 aliphatic rings. The number of pyridine rings is 1. The van der Waals surface area contributed by atoms with Crippen molar-refractivity contribution in [1.29, 1.82) is 0 Å². The van der Waals surface area contributed by atoms with Gasteiger partial charge in [0.05, 0.1) is 12.1 Å². The number of fused-ring (bicyclic) bond motifs is 1. The lowest BCUT2D eigenvalue weighted by Crippen LogP contribution is -2.21. The van der Waals surface area contributed by atoms with Crippen LogP contribution in [-0.4, -0.2) is 11.2 Å². The first kappa shape index (κ1) is 16.3. The molecule has 1 heterocycles.